The van der Waals surface area contributed by atoms with E-state index in [1.165, 1.54) is 13.2 Å². The van der Waals surface area contributed by atoms with Crippen molar-refractivity contribution in [2.45, 2.75) is 31.9 Å². The van der Waals surface area contributed by atoms with Crippen molar-refractivity contribution in [2.75, 3.05) is 13.7 Å². The van der Waals surface area contributed by atoms with E-state index in [0.29, 0.717) is 12.5 Å². The summed E-state index contributed by atoms with van der Waals surface area (Å²) in [4.78, 5) is 10.5. The molecule has 0 bridgehead atoms. The summed E-state index contributed by atoms with van der Waals surface area (Å²) in [6, 6.07) is 4.98. The lowest BCUT2D eigenvalue weighted by molar-refractivity contribution is -0.385. The van der Waals surface area contributed by atoms with Crippen LogP contribution in [-0.4, -0.2) is 29.8 Å². The van der Waals surface area contributed by atoms with Crippen LogP contribution in [0.4, 0.5) is 5.69 Å². The van der Waals surface area contributed by atoms with Crippen molar-refractivity contribution in [3.8, 4) is 5.75 Å². The van der Waals surface area contributed by atoms with Gasteiger partial charge in [-0.25, -0.2) is 0 Å². The highest BCUT2D eigenvalue weighted by Crippen LogP contribution is 2.28. The molecule has 0 spiro atoms. The molecule has 2 N–H and O–H groups in total. The van der Waals surface area contributed by atoms with Crippen LogP contribution in [-0.2, 0) is 6.54 Å². The maximum atomic E-state index is 10.9. The third kappa shape index (κ3) is 3.68. The molecule has 0 saturated heterocycles. The molecule has 0 radical (unpaired) electrons. The topological polar surface area (TPSA) is 84.6 Å². The van der Waals surface area contributed by atoms with Crippen molar-refractivity contribution in [3.05, 3.63) is 33.9 Å². The molecule has 6 heteroatoms. The van der Waals surface area contributed by atoms with Gasteiger partial charge in [0.05, 0.1) is 18.1 Å². The van der Waals surface area contributed by atoms with Crippen LogP contribution < -0.4 is 10.1 Å². The van der Waals surface area contributed by atoms with Gasteiger partial charge in [0.1, 0.15) is 0 Å². The summed E-state index contributed by atoms with van der Waals surface area (Å²) in [7, 11) is 1.42. The van der Waals surface area contributed by atoms with Gasteiger partial charge in [0.25, 0.3) is 0 Å². The normalized spacial score (nSPS) is 21.9. The standard InChI is InChI=1S/C14H20N2O4/c1-20-14-5-3-11(7-13(14)16(18)19)9-15-8-10-2-4-12(17)6-10/h3,5,7,10,12,15,17H,2,4,6,8-9H2,1H3. The molecule has 2 rings (SSSR count). The Balaban J connectivity index is 1.89. The van der Waals surface area contributed by atoms with Crippen molar-refractivity contribution >= 4 is 5.69 Å². The average Bonchev–Trinajstić information content (AvgIpc) is 2.84. The van der Waals surface area contributed by atoms with Gasteiger partial charge in [-0.05, 0) is 43.4 Å². The first-order valence-electron chi connectivity index (χ1n) is 6.80. The van der Waals surface area contributed by atoms with Crippen LogP contribution in [0.15, 0.2) is 18.2 Å². The Bertz CT molecular complexity index is 478. The number of ether oxygens (including phenoxy) is 1. The second-order valence-corrected chi connectivity index (χ2v) is 5.23. The Hall–Kier alpha value is -1.66. The van der Waals surface area contributed by atoms with Crippen LogP contribution in [0.25, 0.3) is 0 Å². The molecule has 0 heterocycles. The lowest BCUT2D eigenvalue weighted by Gasteiger charge is -2.11. The second-order valence-electron chi connectivity index (χ2n) is 5.23. The maximum absolute atomic E-state index is 10.9. The zero-order valence-corrected chi connectivity index (χ0v) is 11.5. The smallest absolute Gasteiger partial charge is 0.311 e. The predicted molar refractivity (Wildman–Crippen MR) is 74.7 cm³/mol. The van der Waals surface area contributed by atoms with E-state index in [1.54, 1.807) is 6.07 Å². The molecule has 1 aliphatic rings. The quantitative estimate of drug-likeness (QED) is 0.613. The van der Waals surface area contributed by atoms with Gasteiger partial charge in [0.2, 0.25) is 0 Å². The summed E-state index contributed by atoms with van der Waals surface area (Å²) < 4.78 is 4.97. The molecule has 6 nitrogen and oxygen atoms in total. The lowest BCUT2D eigenvalue weighted by atomic mass is 10.1. The van der Waals surface area contributed by atoms with E-state index >= 15 is 0 Å². The number of rotatable bonds is 6. The number of hydrogen-bond donors (Lipinski definition) is 2. The largest absolute Gasteiger partial charge is 0.490 e. The first kappa shape index (κ1) is 14.7. The van der Waals surface area contributed by atoms with Crippen LogP contribution in [0.5, 0.6) is 5.75 Å². The van der Waals surface area contributed by atoms with Gasteiger partial charge in [0.15, 0.2) is 5.75 Å². The first-order valence-corrected chi connectivity index (χ1v) is 6.80. The third-order valence-corrected chi connectivity index (χ3v) is 3.72. The number of benzene rings is 1. The van der Waals surface area contributed by atoms with E-state index in [1.807, 2.05) is 6.07 Å². The van der Waals surface area contributed by atoms with Crippen molar-refractivity contribution in [3.63, 3.8) is 0 Å². The number of nitrogens with one attached hydrogen (secondary N) is 1. The van der Waals surface area contributed by atoms with Crippen molar-refractivity contribution in [1.82, 2.24) is 5.32 Å². The number of hydrogen-bond acceptors (Lipinski definition) is 5. The Morgan fingerprint density at radius 1 is 1.50 bits per heavy atom. The van der Waals surface area contributed by atoms with Gasteiger partial charge in [-0.15, -0.1) is 0 Å². The summed E-state index contributed by atoms with van der Waals surface area (Å²) in [5.74, 6) is 0.774. The molecular weight excluding hydrogens is 260 g/mol. The van der Waals surface area contributed by atoms with Gasteiger partial charge in [0, 0.05) is 12.6 Å². The van der Waals surface area contributed by atoms with E-state index < -0.39 is 4.92 Å². The number of nitro groups is 1. The second kappa shape index (κ2) is 6.67. The summed E-state index contributed by atoms with van der Waals surface area (Å²) >= 11 is 0. The van der Waals surface area contributed by atoms with Crippen molar-refractivity contribution in [2.24, 2.45) is 5.92 Å². The minimum atomic E-state index is -0.435. The number of aliphatic hydroxyl groups is 1. The lowest BCUT2D eigenvalue weighted by Crippen LogP contribution is -2.21. The molecule has 0 amide bonds. The number of nitro benzene ring substituents is 1. The molecule has 1 saturated carbocycles. The third-order valence-electron chi connectivity index (χ3n) is 3.72. The molecule has 110 valence electrons. The van der Waals surface area contributed by atoms with Crippen LogP contribution in [0.1, 0.15) is 24.8 Å². The molecule has 2 unspecified atom stereocenters. The van der Waals surface area contributed by atoms with Crippen molar-refractivity contribution in [1.29, 1.82) is 0 Å². The van der Waals surface area contributed by atoms with Crippen molar-refractivity contribution < 1.29 is 14.8 Å². The highest BCUT2D eigenvalue weighted by atomic mass is 16.6. The molecule has 0 aliphatic heterocycles. The molecule has 1 aliphatic carbocycles. The van der Waals surface area contributed by atoms with Gasteiger partial charge in [-0.3, -0.25) is 10.1 Å². The van der Waals surface area contributed by atoms with E-state index in [-0.39, 0.29) is 17.5 Å². The summed E-state index contributed by atoms with van der Waals surface area (Å²) in [5, 5.41) is 23.7. The molecular formula is C14H20N2O4. The predicted octanol–water partition coefficient (Wildman–Crippen LogP) is 1.85. The van der Waals surface area contributed by atoms with Gasteiger partial charge in [-0.2, -0.15) is 0 Å². The average molecular weight is 280 g/mol. The SMILES string of the molecule is COc1ccc(CNCC2CCC(O)C2)cc1[N+](=O)[O-]. The number of aliphatic hydroxyl groups excluding tert-OH is 1. The molecule has 1 aromatic rings. The Kier molecular flexibility index (Phi) is 4.92. The Morgan fingerprint density at radius 3 is 2.90 bits per heavy atom. The fourth-order valence-electron chi connectivity index (χ4n) is 2.64. The fraction of sp³-hybridized carbons (Fsp3) is 0.571. The minimum absolute atomic E-state index is 0.0110. The van der Waals surface area contributed by atoms with Crippen LogP contribution in [0, 0.1) is 16.0 Å². The Morgan fingerprint density at radius 2 is 2.30 bits per heavy atom. The van der Waals surface area contributed by atoms with Crippen LogP contribution >= 0.6 is 0 Å². The molecule has 0 aromatic heterocycles. The maximum Gasteiger partial charge on any atom is 0.311 e. The van der Waals surface area contributed by atoms with E-state index in [4.69, 9.17) is 4.74 Å². The highest BCUT2D eigenvalue weighted by Gasteiger charge is 2.22. The minimum Gasteiger partial charge on any atom is -0.490 e. The van der Waals surface area contributed by atoms with Gasteiger partial charge >= 0.3 is 5.69 Å². The zero-order chi connectivity index (χ0) is 14.5. The fourth-order valence-corrected chi connectivity index (χ4v) is 2.64. The number of nitrogens with zero attached hydrogens (tertiary/aromatic N) is 1. The van der Waals surface area contributed by atoms with E-state index in [0.717, 1.165) is 31.4 Å². The zero-order valence-electron chi connectivity index (χ0n) is 11.5. The molecule has 2 atom stereocenters. The molecule has 1 aromatic carbocycles. The van der Waals surface area contributed by atoms with Gasteiger partial charge in [-0.1, -0.05) is 6.07 Å². The summed E-state index contributed by atoms with van der Waals surface area (Å²) in [5.41, 5.74) is 0.846. The summed E-state index contributed by atoms with van der Waals surface area (Å²) in [6.45, 7) is 1.41. The van der Waals surface area contributed by atoms with E-state index in [9.17, 15) is 15.2 Å². The van der Waals surface area contributed by atoms with E-state index in [2.05, 4.69) is 5.32 Å². The first-order chi connectivity index (χ1) is 9.60. The number of methoxy groups -OCH3 is 1. The Labute approximate surface area is 117 Å². The van der Waals surface area contributed by atoms with Gasteiger partial charge < -0.3 is 15.2 Å². The highest BCUT2D eigenvalue weighted by molar-refractivity contribution is 5.48. The molecule has 1 fully saturated rings. The van der Waals surface area contributed by atoms with Crippen LogP contribution in [0.2, 0.25) is 0 Å². The molecule has 20 heavy (non-hydrogen) atoms. The van der Waals surface area contributed by atoms with Crippen LogP contribution in [0.3, 0.4) is 0 Å². The monoisotopic (exact) mass is 280 g/mol. The summed E-state index contributed by atoms with van der Waals surface area (Å²) in [6.07, 6.45) is 2.59.